The van der Waals surface area contributed by atoms with E-state index in [1.165, 1.54) is 23.1 Å². The van der Waals surface area contributed by atoms with Crippen molar-refractivity contribution in [3.8, 4) is 0 Å². The molecule has 0 saturated heterocycles. The third-order valence-electron chi connectivity index (χ3n) is 3.33. The van der Waals surface area contributed by atoms with Gasteiger partial charge in [0.15, 0.2) is 0 Å². The van der Waals surface area contributed by atoms with Crippen LogP contribution >= 0.6 is 11.3 Å². The van der Waals surface area contributed by atoms with E-state index in [1.807, 2.05) is 0 Å². The maximum Gasteiger partial charge on any atom is 0.0242 e. The maximum absolute atomic E-state index is 3.49. The van der Waals surface area contributed by atoms with Gasteiger partial charge in [0, 0.05) is 19.6 Å². The number of hydrogen-bond donors (Lipinski definition) is 1. The van der Waals surface area contributed by atoms with Crippen LogP contribution in [0.1, 0.15) is 30.0 Å². The van der Waals surface area contributed by atoms with Crippen molar-refractivity contribution in [3.63, 3.8) is 0 Å². The fourth-order valence-corrected chi connectivity index (χ4v) is 2.98. The van der Waals surface area contributed by atoms with Crippen molar-refractivity contribution in [2.75, 3.05) is 13.6 Å². The van der Waals surface area contributed by atoms with E-state index in [-0.39, 0.29) is 0 Å². The minimum absolute atomic E-state index is 0.969. The van der Waals surface area contributed by atoms with Crippen molar-refractivity contribution < 1.29 is 0 Å². The molecule has 1 heterocycles. The molecule has 1 aromatic carbocycles. The summed E-state index contributed by atoms with van der Waals surface area (Å²) < 4.78 is 0. The molecule has 0 aliphatic carbocycles. The van der Waals surface area contributed by atoms with E-state index in [1.54, 1.807) is 11.3 Å². The van der Waals surface area contributed by atoms with Crippen LogP contribution in [0.5, 0.6) is 0 Å². The van der Waals surface area contributed by atoms with Gasteiger partial charge in [-0.1, -0.05) is 31.2 Å². The van der Waals surface area contributed by atoms with E-state index in [2.05, 4.69) is 65.3 Å². The number of rotatable bonds is 8. The zero-order chi connectivity index (χ0) is 14.2. The molecule has 3 heteroatoms. The highest BCUT2D eigenvalue weighted by atomic mass is 32.1. The molecule has 0 saturated carbocycles. The smallest absolute Gasteiger partial charge is 0.0242 e. The van der Waals surface area contributed by atoms with Crippen LogP contribution in [-0.4, -0.2) is 18.5 Å². The second-order valence-corrected chi connectivity index (χ2v) is 6.03. The van der Waals surface area contributed by atoms with Crippen LogP contribution in [0.3, 0.4) is 0 Å². The first-order chi connectivity index (χ1) is 9.79. The van der Waals surface area contributed by atoms with Crippen molar-refractivity contribution in [2.45, 2.75) is 33.0 Å². The Labute approximate surface area is 126 Å². The van der Waals surface area contributed by atoms with Crippen LogP contribution in [0.4, 0.5) is 0 Å². The minimum atomic E-state index is 0.969. The maximum atomic E-state index is 3.49. The average Bonchev–Trinajstić information content (AvgIpc) is 2.93. The van der Waals surface area contributed by atoms with Crippen molar-refractivity contribution >= 4 is 11.3 Å². The first-order valence-electron chi connectivity index (χ1n) is 7.26. The largest absolute Gasteiger partial charge is 0.313 e. The van der Waals surface area contributed by atoms with Gasteiger partial charge in [0.1, 0.15) is 0 Å². The van der Waals surface area contributed by atoms with E-state index in [9.17, 15) is 0 Å². The molecule has 0 amide bonds. The minimum Gasteiger partial charge on any atom is -0.313 e. The van der Waals surface area contributed by atoms with E-state index in [0.29, 0.717) is 0 Å². The second-order valence-electron chi connectivity index (χ2n) is 5.25. The van der Waals surface area contributed by atoms with Crippen molar-refractivity contribution in [2.24, 2.45) is 0 Å². The molecule has 2 rings (SSSR count). The van der Waals surface area contributed by atoms with Crippen LogP contribution in [0.25, 0.3) is 0 Å². The van der Waals surface area contributed by atoms with Gasteiger partial charge in [-0.15, -0.1) is 0 Å². The fraction of sp³-hybridized carbons (Fsp3) is 0.412. The lowest BCUT2D eigenvalue weighted by Crippen LogP contribution is -2.20. The van der Waals surface area contributed by atoms with Crippen LogP contribution in [0, 0.1) is 0 Å². The summed E-state index contributed by atoms with van der Waals surface area (Å²) in [6, 6.07) is 10.9. The van der Waals surface area contributed by atoms with Crippen molar-refractivity contribution in [1.29, 1.82) is 0 Å². The normalized spacial score (nSPS) is 11.2. The van der Waals surface area contributed by atoms with Gasteiger partial charge in [0.05, 0.1) is 0 Å². The summed E-state index contributed by atoms with van der Waals surface area (Å²) in [7, 11) is 2.19. The highest BCUT2D eigenvalue weighted by Crippen LogP contribution is 2.14. The predicted octanol–water partition coefficient (Wildman–Crippen LogP) is 3.88. The molecule has 20 heavy (non-hydrogen) atoms. The van der Waals surface area contributed by atoms with Gasteiger partial charge in [-0.2, -0.15) is 11.3 Å². The van der Waals surface area contributed by atoms with Gasteiger partial charge < -0.3 is 5.32 Å². The lowest BCUT2D eigenvalue weighted by Gasteiger charge is -2.18. The number of hydrogen-bond acceptors (Lipinski definition) is 3. The zero-order valence-corrected chi connectivity index (χ0v) is 13.2. The van der Waals surface area contributed by atoms with Gasteiger partial charge in [0.25, 0.3) is 0 Å². The molecule has 0 aliphatic rings. The molecular formula is C17H24N2S. The van der Waals surface area contributed by atoms with Crippen LogP contribution in [0.15, 0.2) is 41.1 Å². The molecule has 1 N–H and O–H groups in total. The molecule has 0 radical (unpaired) electrons. The van der Waals surface area contributed by atoms with Crippen LogP contribution in [0.2, 0.25) is 0 Å². The lowest BCUT2D eigenvalue weighted by molar-refractivity contribution is 0.318. The van der Waals surface area contributed by atoms with Crippen LogP contribution < -0.4 is 5.32 Å². The topological polar surface area (TPSA) is 15.3 Å². The summed E-state index contributed by atoms with van der Waals surface area (Å²) in [5.74, 6) is 0. The van der Waals surface area contributed by atoms with E-state index in [4.69, 9.17) is 0 Å². The Morgan fingerprint density at radius 2 is 1.90 bits per heavy atom. The van der Waals surface area contributed by atoms with Crippen molar-refractivity contribution in [3.05, 3.63) is 57.8 Å². The van der Waals surface area contributed by atoms with Gasteiger partial charge in [0.2, 0.25) is 0 Å². The molecule has 2 aromatic rings. The molecular weight excluding hydrogens is 264 g/mol. The Hall–Kier alpha value is -1.16. The Morgan fingerprint density at radius 1 is 1.10 bits per heavy atom. The molecule has 0 aliphatic heterocycles. The van der Waals surface area contributed by atoms with Gasteiger partial charge in [-0.25, -0.2) is 0 Å². The number of benzene rings is 1. The molecule has 0 bridgehead atoms. The molecule has 0 spiro atoms. The number of thiophene rings is 1. The van der Waals surface area contributed by atoms with Gasteiger partial charge >= 0.3 is 0 Å². The molecule has 1 aromatic heterocycles. The highest BCUT2D eigenvalue weighted by Gasteiger charge is 2.06. The third kappa shape index (κ3) is 4.75. The Morgan fingerprint density at radius 3 is 2.60 bits per heavy atom. The summed E-state index contributed by atoms with van der Waals surface area (Å²) in [6.45, 7) is 6.27. The molecule has 0 unspecified atom stereocenters. The van der Waals surface area contributed by atoms with Gasteiger partial charge in [-0.3, -0.25) is 4.90 Å². The number of nitrogens with zero attached hydrogens (tertiary/aromatic N) is 1. The Balaban J connectivity index is 1.93. The summed E-state index contributed by atoms with van der Waals surface area (Å²) in [5.41, 5.74) is 4.24. The summed E-state index contributed by atoms with van der Waals surface area (Å²) in [5, 5.41) is 7.87. The molecule has 0 fully saturated rings. The van der Waals surface area contributed by atoms with E-state index >= 15 is 0 Å². The summed E-state index contributed by atoms with van der Waals surface area (Å²) in [4.78, 5) is 2.38. The monoisotopic (exact) mass is 288 g/mol. The quantitative estimate of drug-likeness (QED) is 0.742. The molecule has 0 atom stereocenters. The average molecular weight is 288 g/mol. The van der Waals surface area contributed by atoms with E-state index in [0.717, 1.165) is 26.2 Å². The SMILES string of the molecule is CCCNCc1ccccc1CN(C)Cc1ccsc1. The molecule has 108 valence electrons. The Kier molecular flexibility index (Phi) is 6.25. The third-order valence-corrected chi connectivity index (χ3v) is 4.07. The van der Waals surface area contributed by atoms with Crippen molar-refractivity contribution in [1.82, 2.24) is 10.2 Å². The molecule has 2 nitrogen and oxygen atoms in total. The standard InChI is InChI=1S/C17H24N2S/c1-3-9-18-11-16-6-4-5-7-17(16)13-19(2)12-15-8-10-20-14-15/h4-8,10,14,18H,3,9,11-13H2,1-2H3. The predicted molar refractivity (Wildman–Crippen MR) is 87.9 cm³/mol. The number of nitrogens with one attached hydrogen (secondary N) is 1. The summed E-state index contributed by atoms with van der Waals surface area (Å²) >= 11 is 1.77. The first kappa shape index (κ1) is 15.2. The van der Waals surface area contributed by atoms with Crippen LogP contribution in [-0.2, 0) is 19.6 Å². The lowest BCUT2D eigenvalue weighted by atomic mass is 10.1. The first-order valence-corrected chi connectivity index (χ1v) is 8.21. The highest BCUT2D eigenvalue weighted by molar-refractivity contribution is 7.07. The fourth-order valence-electron chi connectivity index (χ4n) is 2.33. The zero-order valence-electron chi connectivity index (χ0n) is 12.4. The van der Waals surface area contributed by atoms with Gasteiger partial charge in [-0.05, 0) is 53.5 Å². The Bertz CT molecular complexity index is 493. The second kappa shape index (κ2) is 8.20. The summed E-state index contributed by atoms with van der Waals surface area (Å²) in [6.07, 6.45) is 1.18. The van der Waals surface area contributed by atoms with E-state index < -0.39 is 0 Å².